The van der Waals surface area contributed by atoms with Crippen LogP contribution in [0.5, 0.6) is 11.5 Å². The monoisotopic (exact) mass is 346 g/mol. The van der Waals surface area contributed by atoms with Crippen LogP contribution in [-0.4, -0.2) is 14.2 Å². The summed E-state index contributed by atoms with van der Waals surface area (Å²) < 4.78 is 11.0. The lowest BCUT2D eigenvalue weighted by molar-refractivity contribution is 0.410. The summed E-state index contributed by atoms with van der Waals surface area (Å²) in [4.78, 5) is 0. The first-order chi connectivity index (χ1) is 12.6. The normalized spacial score (nSPS) is 24.6. The van der Waals surface area contributed by atoms with Gasteiger partial charge in [0.2, 0.25) is 0 Å². The lowest BCUT2D eigenvalue weighted by Gasteiger charge is -2.35. The van der Waals surface area contributed by atoms with Crippen LogP contribution in [0.15, 0.2) is 60.7 Å². The minimum Gasteiger partial charge on any atom is -0.497 e. The smallest absolute Gasteiger partial charge is 0.119 e. The highest BCUT2D eigenvalue weighted by molar-refractivity contribution is 5.56. The predicted molar refractivity (Wildman–Crippen MR) is 105 cm³/mol. The standard InChI is InChI=1S/C24H26O2/c1-24(2)22(16-8-5-10-18(14-16)25-3)20-12-7-13-21(20)23(24)17-9-6-11-19(15-17)26-4/h5-12,14-15,20-21H,13H2,1-4H3. The average Bonchev–Trinajstić information content (AvgIpc) is 3.18. The van der Waals surface area contributed by atoms with E-state index in [1.807, 2.05) is 12.1 Å². The van der Waals surface area contributed by atoms with Crippen molar-refractivity contribution in [3.63, 3.8) is 0 Å². The predicted octanol–water partition coefficient (Wildman–Crippen LogP) is 5.48. The Morgan fingerprint density at radius 2 is 1.42 bits per heavy atom. The molecule has 2 unspecified atom stereocenters. The molecule has 0 aromatic heterocycles. The van der Waals surface area contributed by atoms with Gasteiger partial charge in [0.15, 0.2) is 0 Å². The molecule has 0 N–H and O–H groups in total. The minimum absolute atomic E-state index is 0.0151. The van der Waals surface area contributed by atoms with Gasteiger partial charge >= 0.3 is 0 Å². The fourth-order valence-electron chi connectivity index (χ4n) is 4.98. The van der Waals surface area contributed by atoms with Gasteiger partial charge in [-0.15, -0.1) is 0 Å². The first-order valence-electron chi connectivity index (χ1n) is 9.26. The first-order valence-corrected chi connectivity index (χ1v) is 9.26. The van der Waals surface area contributed by atoms with Crippen LogP contribution in [0.1, 0.15) is 31.4 Å². The van der Waals surface area contributed by atoms with Gasteiger partial charge in [-0.05, 0) is 59.1 Å². The number of hydrogen-bond acceptors (Lipinski definition) is 2. The molecule has 26 heavy (non-hydrogen) atoms. The average molecular weight is 346 g/mol. The van der Waals surface area contributed by atoms with E-state index in [1.54, 1.807) is 14.2 Å². The quantitative estimate of drug-likeness (QED) is 0.682. The Balaban J connectivity index is 1.80. The largest absolute Gasteiger partial charge is 0.497 e. The van der Waals surface area contributed by atoms with Gasteiger partial charge in [-0.2, -0.15) is 0 Å². The fraction of sp³-hybridized carbons (Fsp3) is 0.333. The van der Waals surface area contributed by atoms with Gasteiger partial charge in [0.25, 0.3) is 0 Å². The van der Waals surface area contributed by atoms with E-state index >= 15 is 0 Å². The summed E-state index contributed by atoms with van der Waals surface area (Å²) in [5.41, 5.74) is 2.57. The van der Waals surface area contributed by atoms with Crippen molar-refractivity contribution in [2.75, 3.05) is 14.2 Å². The molecule has 2 aromatic rings. The molecule has 0 saturated heterocycles. The van der Waals surface area contributed by atoms with Crippen molar-refractivity contribution < 1.29 is 9.47 Å². The number of methoxy groups -OCH3 is 2. The Morgan fingerprint density at radius 1 is 0.846 bits per heavy atom. The lowest BCUT2D eigenvalue weighted by Crippen LogP contribution is -2.26. The molecule has 2 nitrogen and oxygen atoms in total. The summed E-state index contributed by atoms with van der Waals surface area (Å²) >= 11 is 0. The summed E-state index contributed by atoms with van der Waals surface area (Å²) in [5.74, 6) is 5.83. The van der Waals surface area contributed by atoms with Crippen molar-refractivity contribution in [2.24, 2.45) is 17.3 Å². The fourth-order valence-corrected chi connectivity index (χ4v) is 4.98. The van der Waals surface area contributed by atoms with Gasteiger partial charge < -0.3 is 9.47 Å². The highest BCUT2D eigenvalue weighted by Crippen LogP contribution is 2.64. The van der Waals surface area contributed by atoms with Crippen LogP contribution in [0, 0.1) is 29.1 Å². The molecule has 2 aromatic carbocycles. The summed E-state index contributed by atoms with van der Waals surface area (Å²) in [7, 11) is 3.47. The highest BCUT2D eigenvalue weighted by Gasteiger charge is 2.56. The summed E-state index contributed by atoms with van der Waals surface area (Å²) in [5, 5.41) is 0. The van der Waals surface area contributed by atoms with Gasteiger partial charge in [0.1, 0.15) is 11.5 Å². The van der Waals surface area contributed by atoms with Crippen molar-refractivity contribution in [1.82, 2.24) is 0 Å². The van der Waals surface area contributed by atoms with Crippen LogP contribution < -0.4 is 9.47 Å². The van der Waals surface area contributed by atoms with Crippen molar-refractivity contribution in [3.05, 3.63) is 83.6 Å². The van der Waals surface area contributed by atoms with E-state index in [9.17, 15) is 0 Å². The minimum atomic E-state index is -0.0151. The second-order valence-corrected chi connectivity index (χ2v) is 7.71. The second kappa shape index (κ2) is 6.50. The molecule has 0 spiro atoms. The van der Waals surface area contributed by atoms with Crippen molar-refractivity contribution in [2.45, 2.75) is 20.3 Å². The van der Waals surface area contributed by atoms with Crippen LogP contribution in [0.2, 0.25) is 0 Å². The maximum absolute atomic E-state index is 5.48. The van der Waals surface area contributed by atoms with Gasteiger partial charge in [-0.25, -0.2) is 0 Å². The summed E-state index contributed by atoms with van der Waals surface area (Å²) in [6.07, 6.45) is 5.84. The third kappa shape index (κ3) is 2.63. The second-order valence-electron chi connectivity index (χ2n) is 7.71. The number of rotatable bonds is 4. The third-order valence-corrected chi connectivity index (χ3v) is 5.98. The Hall–Kier alpha value is -2.22. The zero-order valence-corrected chi connectivity index (χ0v) is 16.0. The Labute approximate surface area is 156 Å². The number of hydrogen-bond donors (Lipinski definition) is 0. The van der Waals surface area contributed by atoms with E-state index in [0.29, 0.717) is 11.8 Å². The molecule has 0 heterocycles. The van der Waals surface area contributed by atoms with Crippen molar-refractivity contribution in [1.29, 1.82) is 0 Å². The number of allylic oxidation sites excluding steroid dienone is 2. The molecule has 0 bridgehead atoms. The molecule has 2 aliphatic rings. The van der Waals surface area contributed by atoms with E-state index in [4.69, 9.17) is 9.47 Å². The van der Waals surface area contributed by atoms with Gasteiger partial charge in [-0.1, -0.05) is 50.3 Å². The van der Waals surface area contributed by atoms with Crippen LogP contribution in [0.4, 0.5) is 0 Å². The van der Waals surface area contributed by atoms with Crippen molar-refractivity contribution >= 4 is 0 Å². The van der Waals surface area contributed by atoms with E-state index in [1.165, 1.54) is 23.0 Å². The summed E-state index contributed by atoms with van der Waals surface area (Å²) in [6, 6.07) is 17.0. The van der Waals surface area contributed by atoms with Gasteiger partial charge in [0, 0.05) is 11.8 Å². The molecule has 2 aliphatic carbocycles. The maximum Gasteiger partial charge on any atom is 0.119 e. The Bertz CT molecular complexity index is 820. The molecule has 2 heteroatoms. The number of fused-ring (bicyclic) bond motifs is 1. The zero-order chi connectivity index (χ0) is 18.3. The summed E-state index contributed by atoms with van der Waals surface area (Å²) in [6.45, 7) is 4.73. The molecular weight excluding hydrogens is 320 g/mol. The Morgan fingerprint density at radius 3 is 2.00 bits per heavy atom. The van der Waals surface area contributed by atoms with Crippen LogP contribution >= 0.6 is 0 Å². The number of ether oxygens (including phenoxy) is 2. The van der Waals surface area contributed by atoms with Crippen LogP contribution in [-0.2, 0) is 0 Å². The van der Waals surface area contributed by atoms with Crippen LogP contribution in [0.3, 0.4) is 0 Å². The highest BCUT2D eigenvalue weighted by atomic mass is 16.5. The number of benzene rings is 2. The molecule has 1 fully saturated rings. The first kappa shape index (κ1) is 17.2. The Kier molecular flexibility index (Phi) is 4.30. The molecule has 1 saturated carbocycles. The van der Waals surface area contributed by atoms with Crippen LogP contribution in [0.25, 0.3) is 0 Å². The molecular formula is C24H26O2. The maximum atomic E-state index is 5.48. The molecule has 2 radical (unpaired) electrons. The molecule has 2 atom stereocenters. The third-order valence-electron chi connectivity index (χ3n) is 5.98. The molecule has 0 aliphatic heterocycles. The van der Waals surface area contributed by atoms with Gasteiger partial charge in [0.05, 0.1) is 14.2 Å². The zero-order valence-electron chi connectivity index (χ0n) is 16.0. The molecule has 134 valence electrons. The molecule has 0 amide bonds. The van der Waals surface area contributed by atoms with Crippen molar-refractivity contribution in [3.8, 4) is 11.5 Å². The molecule has 4 rings (SSSR count). The van der Waals surface area contributed by atoms with E-state index in [2.05, 4.69) is 62.4 Å². The topological polar surface area (TPSA) is 18.5 Å². The van der Waals surface area contributed by atoms with E-state index in [0.717, 1.165) is 17.9 Å². The van der Waals surface area contributed by atoms with E-state index in [-0.39, 0.29) is 5.41 Å². The van der Waals surface area contributed by atoms with E-state index < -0.39 is 0 Å². The SMILES string of the molecule is COc1cccc([C]2C3C=CCC3[C](c3cccc(OC)c3)C2(C)C)c1. The lowest BCUT2D eigenvalue weighted by atomic mass is 9.68. The van der Waals surface area contributed by atoms with Gasteiger partial charge in [-0.3, -0.25) is 0 Å².